The molecule has 3 N–H and O–H groups in total. The summed E-state index contributed by atoms with van der Waals surface area (Å²) in [6.07, 6.45) is 0.225. The first-order valence-corrected chi connectivity index (χ1v) is 5.14. The molecule has 0 radical (unpaired) electrons. The van der Waals surface area contributed by atoms with Gasteiger partial charge in [0.1, 0.15) is 5.54 Å². The number of nitrogens with two attached hydrogens (primary N) is 1. The van der Waals surface area contributed by atoms with Crippen molar-refractivity contribution in [3.05, 3.63) is 23.8 Å². The molecule has 0 aliphatic rings. The summed E-state index contributed by atoms with van der Waals surface area (Å²) < 4.78 is 10.2. The van der Waals surface area contributed by atoms with Crippen LogP contribution in [-0.2, 0) is 11.2 Å². The largest absolute Gasteiger partial charge is 0.493 e. The van der Waals surface area contributed by atoms with E-state index >= 15 is 0 Å². The van der Waals surface area contributed by atoms with Gasteiger partial charge in [-0.1, -0.05) is 6.07 Å². The first kappa shape index (κ1) is 16.5. The summed E-state index contributed by atoms with van der Waals surface area (Å²) in [6.45, 7) is 1.48. The lowest BCUT2D eigenvalue weighted by Gasteiger charge is -2.19. The van der Waals surface area contributed by atoms with Crippen LogP contribution in [0.1, 0.15) is 12.5 Å². The molecule has 1 aromatic carbocycles. The van der Waals surface area contributed by atoms with Crippen LogP contribution in [-0.4, -0.2) is 30.8 Å². The third kappa shape index (κ3) is 3.78. The number of methoxy groups -OCH3 is 2. The second-order valence-corrected chi connectivity index (χ2v) is 4.09. The van der Waals surface area contributed by atoms with Crippen molar-refractivity contribution in [2.24, 2.45) is 5.73 Å². The van der Waals surface area contributed by atoms with Crippen molar-refractivity contribution in [3.8, 4) is 11.5 Å². The maximum Gasteiger partial charge on any atom is 0.323 e. The molecule has 0 unspecified atom stereocenters. The van der Waals surface area contributed by atoms with E-state index in [4.69, 9.17) is 20.3 Å². The van der Waals surface area contributed by atoms with Crippen LogP contribution < -0.4 is 15.2 Å². The van der Waals surface area contributed by atoms with Gasteiger partial charge in [-0.25, -0.2) is 0 Å². The second-order valence-electron chi connectivity index (χ2n) is 4.09. The van der Waals surface area contributed by atoms with Crippen LogP contribution in [0.25, 0.3) is 0 Å². The molecule has 0 saturated heterocycles. The number of aliphatic carboxylic acids is 1. The van der Waals surface area contributed by atoms with Crippen molar-refractivity contribution >= 4 is 18.4 Å². The first-order valence-electron chi connectivity index (χ1n) is 5.14. The average Bonchev–Trinajstić information content (AvgIpc) is 2.28. The third-order valence-corrected chi connectivity index (χ3v) is 2.51. The molecule has 0 amide bonds. The van der Waals surface area contributed by atoms with Crippen LogP contribution in [0.2, 0.25) is 0 Å². The average molecular weight is 276 g/mol. The molecule has 1 rings (SSSR count). The molecule has 1 atom stereocenters. The number of hydrogen-bond donors (Lipinski definition) is 2. The van der Waals surface area contributed by atoms with Gasteiger partial charge < -0.3 is 20.3 Å². The number of rotatable bonds is 5. The molecule has 6 heteroatoms. The summed E-state index contributed by atoms with van der Waals surface area (Å²) in [6, 6.07) is 5.23. The van der Waals surface area contributed by atoms with Crippen LogP contribution in [0.3, 0.4) is 0 Å². The number of carbonyl (C=O) groups is 1. The van der Waals surface area contributed by atoms with Crippen molar-refractivity contribution in [3.63, 3.8) is 0 Å². The Hall–Kier alpha value is -1.46. The van der Waals surface area contributed by atoms with Crippen molar-refractivity contribution in [1.82, 2.24) is 0 Å². The fourth-order valence-electron chi connectivity index (χ4n) is 1.49. The van der Waals surface area contributed by atoms with Crippen molar-refractivity contribution < 1.29 is 19.4 Å². The highest BCUT2D eigenvalue weighted by atomic mass is 35.5. The van der Waals surface area contributed by atoms with Gasteiger partial charge in [0.15, 0.2) is 11.5 Å². The van der Waals surface area contributed by atoms with E-state index in [0.29, 0.717) is 11.5 Å². The molecule has 0 aliphatic carbocycles. The van der Waals surface area contributed by atoms with Gasteiger partial charge >= 0.3 is 5.97 Å². The minimum absolute atomic E-state index is 0. The predicted molar refractivity (Wildman–Crippen MR) is 70.7 cm³/mol. The number of halogens is 1. The lowest BCUT2D eigenvalue weighted by molar-refractivity contribution is -0.142. The van der Waals surface area contributed by atoms with Crippen LogP contribution in [0.5, 0.6) is 11.5 Å². The van der Waals surface area contributed by atoms with Gasteiger partial charge in [-0.2, -0.15) is 0 Å². The normalized spacial score (nSPS) is 13.1. The zero-order valence-corrected chi connectivity index (χ0v) is 11.4. The SMILES string of the molecule is COc1ccc(C[C@](C)(N)C(=O)O)cc1OC.Cl. The number of carboxylic acids is 1. The summed E-state index contributed by atoms with van der Waals surface area (Å²) in [5, 5.41) is 8.95. The minimum Gasteiger partial charge on any atom is -0.493 e. The molecule has 5 nitrogen and oxygen atoms in total. The quantitative estimate of drug-likeness (QED) is 0.850. The van der Waals surface area contributed by atoms with E-state index in [0.717, 1.165) is 5.56 Å². The maximum atomic E-state index is 10.9. The van der Waals surface area contributed by atoms with Crippen LogP contribution in [0.4, 0.5) is 0 Å². The summed E-state index contributed by atoms with van der Waals surface area (Å²) >= 11 is 0. The Balaban J connectivity index is 0.00000289. The molecule has 102 valence electrons. The first-order chi connectivity index (χ1) is 7.90. The van der Waals surface area contributed by atoms with E-state index in [2.05, 4.69) is 0 Å². The number of ether oxygens (including phenoxy) is 2. The summed E-state index contributed by atoms with van der Waals surface area (Å²) in [7, 11) is 3.07. The Bertz CT molecular complexity index is 421. The standard InChI is InChI=1S/C12H17NO4.ClH/c1-12(13,11(14)15)7-8-4-5-9(16-2)10(6-8)17-3;/h4-6H,7,13H2,1-3H3,(H,14,15);1H/t12-;/m0./s1. The number of benzene rings is 1. The smallest absolute Gasteiger partial charge is 0.323 e. The number of carboxylic acid groups (broad SMARTS) is 1. The highest BCUT2D eigenvalue weighted by molar-refractivity contribution is 5.85. The van der Waals surface area contributed by atoms with E-state index in [1.807, 2.05) is 0 Å². The monoisotopic (exact) mass is 275 g/mol. The van der Waals surface area contributed by atoms with Gasteiger partial charge in [-0.15, -0.1) is 12.4 Å². The van der Waals surface area contributed by atoms with Gasteiger partial charge in [0.2, 0.25) is 0 Å². The van der Waals surface area contributed by atoms with Gasteiger partial charge in [0.25, 0.3) is 0 Å². The zero-order chi connectivity index (χ0) is 13.1. The molecular formula is C12H18ClNO4. The highest BCUT2D eigenvalue weighted by Gasteiger charge is 2.28. The van der Waals surface area contributed by atoms with Gasteiger partial charge in [-0.05, 0) is 24.6 Å². The Morgan fingerprint density at radius 1 is 1.33 bits per heavy atom. The van der Waals surface area contributed by atoms with Crippen LogP contribution in [0.15, 0.2) is 18.2 Å². The van der Waals surface area contributed by atoms with Crippen LogP contribution in [0, 0.1) is 0 Å². The molecule has 0 aliphatic heterocycles. The Morgan fingerprint density at radius 2 is 1.89 bits per heavy atom. The summed E-state index contributed by atoms with van der Waals surface area (Å²) in [4.78, 5) is 10.9. The minimum atomic E-state index is -1.29. The maximum absolute atomic E-state index is 10.9. The fraction of sp³-hybridized carbons (Fsp3) is 0.417. The number of hydrogen-bond acceptors (Lipinski definition) is 4. The van der Waals surface area contributed by atoms with Crippen molar-refractivity contribution in [2.75, 3.05) is 14.2 Å². The highest BCUT2D eigenvalue weighted by Crippen LogP contribution is 2.28. The van der Waals surface area contributed by atoms with E-state index < -0.39 is 11.5 Å². The fourth-order valence-corrected chi connectivity index (χ4v) is 1.49. The van der Waals surface area contributed by atoms with Gasteiger partial charge in [0.05, 0.1) is 14.2 Å². The van der Waals surface area contributed by atoms with Gasteiger partial charge in [-0.3, -0.25) is 4.79 Å². The molecule has 0 heterocycles. The second kappa shape index (κ2) is 6.47. The molecule has 1 aromatic rings. The van der Waals surface area contributed by atoms with E-state index in [1.165, 1.54) is 14.0 Å². The van der Waals surface area contributed by atoms with Crippen LogP contribution >= 0.6 is 12.4 Å². The van der Waals surface area contributed by atoms with E-state index in [9.17, 15) is 4.79 Å². The van der Waals surface area contributed by atoms with Gasteiger partial charge in [0, 0.05) is 6.42 Å². The van der Waals surface area contributed by atoms with Crippen molar-refractivity contribution in [1.29, 1.82) is 0 Å². The lowest BCUT2D eigenvalue weighted by atomic mass is 9.94. The molecule has 0 bridgehead atoms. The molecular weight excluding hydrogens is 258 g/mol. The zero-order valence-electron chi connectivity index (χ0n) is 10.6. The Labute approximate surface area is 112 Å². The third-order valence-electron chi connectivity index (χ3n) is 2.51. The van der Waals surface area contributed by atoms with Crippen molar-refractivity contribution in [2.45, 2.75) is 18.9 Å². The summed E-state index contributed by atoms with van der Waals surface area (Å²) in [5.74, 6) is 0.128. The molecule has 18 heavy (non-hydrogen) atoms. The summed E-state index contributed by atoms with van der Waals surface area (Å²) in [5.41, 5.74) is 5.18. The Kier molecular flexibility index (Phi) is 5.94. The van der Waals surface area contributed by atoms with E-state index in [-0.39, 0.29) is 18.8 Å². The van der Waals surface area contributed by atoms with E-state index in [1.54, 1.807) is 25.3 Å². The Morgan fingerprint density at radius 3 is 2.33 bits per heavy atom. The molecule has 0 fully saturated rings. The molecule has 0 spiro atoms. The predicted octanol–water partition coefficient (Wildman–Crippen LogP) is 1.47. The lowest BCUT2D eigenvalue weighted by Crippen LogP contribution is -2.46. The molecule has 0 aromatic heterocycles. The molecule has 0 saturated carbocycles. The topological polar surface area (TPSA) is 81.8 Å².